The van der Waals surface area contributed by atoms with Gasteiger partial charge in [-0.25, -0.2) is 0 Å². The number of rotatable bonds is 10. The van der Waals surface area contributed by atoms with Crippen molar-refractivity contribution in [3.05, 3.63) is 59.3 Å². The van der Waals surface area contributed by atoms with Crippen LogP contribution in [0, 0.1) is 5.92 Å². The van der Waals surface area contributed by atoms with Gasteiger partial charge in [0, 0.05) is 25.7 Å². The molecule has 1 aromatic carbocycles. The molecule has 1 unspecified atom stereocenters. The summed E-state index contributed by atoms with van der Waals surface area (Å²) in [6.45, 7) is 7.77. The third-order valence-corrected chi connectivity index (χ3v) is 6.60. The van der Waals surface area contributed by atoms with Gasteiger partial charge in [0.25, 0.3) is 0 Å². The summed E-state index contributed by atoms with van der Waals surface area (Å²) in [5.41, 5.74) is 4.91. The molecule has 0 bridgehead atoms. The third kappa shape index (κ3) is 5.14. The largest absolute Gasteiger partial charge is 0.529 e. The first-order chi connectivity index (χ1) is 11.2. The average molecular weight is 333 g/mol. The SMILES string of the molecule is CCO[Si](/C=C/C1CC=C1Cc1ccccc1)(OCC)OCC. The summed E-state index contributed by atoms with van der Waals surface area (Å²) in [5, 5.41) is 0. The van der Waals surface area contributed by atoms with Crippen molar-refractivity contribution in [2.24, 2.45) is 5.92 Å². The van der Waals surface area contributed by atoms with E-state index in [1.807, 2.05) is 20.8 Å². The topological polar surface area (TPSA) is 27.7 Å². The van der Waals surface area contributed by atoms with E-state index < -0.39 is 8.80 Å². The molecule has 0 amide bonds. The summed E-state index contributed by atoms with van der Waals surface area (Å²) in [4.78, 5) is 0. The van der Waals surface area contributed by atoms with Gasteiger partial charge in [0.15, 0.2) is 0 Å². The molecular weight excluding hydrogens is 304 g/mol. The second-order valence-electron chi connectivity index (χ2n) is 5.55. The summed E-state index contributed by atoms with van der Waals surface area (Å²) >= 11 is 0. The first kappa shape index (κ1) is 18.1. The van der Waals surface area contributed by atoms with E-state index in [1.165, 1.54) is 11.1 Å². The molecule has 126 valence electrons. The Bertz CT molecular complexity index is 508. The number of allylic oxidation sites excluding steroid dienone is 3. The molecule has 3 nitrogen and oxygen atoms in total. The van der Waals surface area contributed by atoms with Gasteiger partial charge in [0.1, 0.15) is 0 Å². The lowest BCUT2D eigenvalue weighted by Gasteiger charge is -2.28. The average Bonchev–Trinajstić information content (AvgIpc) is 2.53. The van der Waals surface area contributed by atoms with E-state index in [4.69, 9.17) is 13.3 Å². The second kappa shape index (κ2) is 9.18. The van der Waals surface area contributed by atoms with Crippen molar-refractivity contribution >= 4 is 8.80 Å². The number of benzene rings is 1. The minimum absolute atomic E-state index is 0.475. The van der Waals surface area contributed by atoms with Gasteiger partial charge in [0.2, 0.25) is 0 Å². The van der Waals surface area contributed by atoms with Crippen LogP contribution in [0.5, 0.6) is 0 Å². The molecule has 0 saturated carbocycles. The molecule has 1 atom stereocenters. The van der Waals surface area contributed by atoms with Crippen LogP contribution in [0.3, 0.4) is 0 Å². The van der Waals surface area contributed by atoms with E-state index in [-0.39, 0.29) is 0 Å². The first-order valence-electron chi connectivity index (χ1n) is 8.57. The molecular formula is C19H28O3Si. The van der Waals surface area contributed by atoms with Crippen LogP contribution in [0.15, 0.2) is 53.8 Å². The van der Waals surface area contributed by atoms with E-state index in [9.17, 15) is 0 Å². The molecule has 1 aliphatic rings. The monoisotopic (exact) mass is 332 g/mol. The Morgan fingerprint density at radius 1 is 1.00 bits per heavy atom. The first-order valence-corrected chi connectivity index (χ1v) is 10.4. The van der Waals surface area contributed by atoms with Crippen LogP contribution < -0.4 is 0 Å². The zero-order valence-corrected chi connectivity index (χ0v) is 15.5. The predicted octanol–water partition coefficient (Wildman–Crippen LogP) is 4.32. The maximum absolute atomic E-state index is 5.87. The maximum Gasteiger partial charge on any atom is 0.529 e. The summed E-state index contributed by atoms with van der Waals surface area (Å²) < 4.78 is 17.6. The van der Waals surface area contributed by atoms with Crippen molar-refractivity contribution in [3.8, 4) is 0 Å². The van der Waals surface area contributed by atoms with Crippen molar-refractivity contribution in [3.63, 3.8) is 0 Å². The second-order valence-corrected chi connectivity index (χ2v) is 7.95. The van der Waals surface area contributed by atoms with E-state index in [2.05, 4.69) is 48.2 Å². The van der Waals surface area contributed by atoms with Gasteiger partial charge in [-0.05, 0) is 44.9 Å². The smallest absolute Gasteiger partial charge is 0.371 e. The van der Waals surface area contributed by atoms with Crippen LogP contribution in [-0.4, -0.2) is 28.6 Å². The zero-order valence-electron chi connectivity index (χ0n) is 14.5. The molecule has 0 N–H and O–H groups in total. The lowest BCUT2D eigenvalue weighted by atomic mass is 9.81. The van der Waals surface area contributed by atoms with Crippen molar-refractivity contribution in [2.75, 3.05) is 19.8 Å². The van der Waals surface area contributed by atoms with Gasteiger partial charge in [-0.2, -0.15) is 0 Å². The highest BCUT2D eigenvalue weighted by atomic mass is 28.4. The molecule has 23 heavy (non-hydrogen) atoms. The maximum atomic E-state index is 5.87. The Hall–Kier alpha value is -1.20. The fraction of sp³-hybridized carbons (Fsp3) is 0.474. The number of hydrogen-bond donors (Lipinski definition) is 0. The van der Waals surface area contributed by atoms with E-state index in [1.54, 1.807) is 0 Å². The third-order valence-electron chi connectivity index (χ3n) is 3.93. The van der Waals surface area contributed by atoms with Crippen LogP contribution in [0.2, 0.25) is 0 Å². The van der Waals surface area contributed by atoms with Crippen LogP contribution in [0.4, 0.5) is 0 Å². The van der Waals surface area contributed by atoms with Gasteiger partial charge in [-0.15, -0.1) is 0 Å². The number of hydrogen-bond acceptors (Lipinski definition) is 3. The summed E-state index contributed by atoms with van der Waals surface area (Å²) in [5.74, 6) is 0.475. The Morgan fingerprint density at radius 3 is 2.09 bits per heavy atom. The molecule has 4 heteroatoms. The van der Waals surface area contributed by atoms with Gasteiger partial charge in [0.05, 0.1) is 0 Å². The van der Waals surface area contributed by atoms with E-state index in [0.717, 1.165) is 12.8 Å². The molecule has 0 saturated heterocycles. The van der Waals surface area contributed by atoms with Crippen molar-refractivity contribution < 1.29 is 13.3 Å². The molecule has 1 aromatic rings. The molecule has 0 fully saturated rings. The Kier molecular flexibility index (Phi) is 7.24. The Balaban J connectivity index is 2.01. The fourth-order valence-electron chi connectivity index (χ4n) is 2.76. The van der Waals surface area contributed by atoms with E-state index >= 15 is 0 Å². The Morgan fingerprint density at radius 2 is 1.61 bits per heavy atom. The quantitative estimate of drug-likeness (QED) is 0.472. The highest BCUT2D eigenvalue weighted by molar-refractivity contribution is 6.66. The normalized spacial score (nSPS) is 18.0. The minimum Gasteiger partial charge on any atom is -0.371 e. The molecule has 0 heterocycles. The molecule has 0 aliphatic heterocycles. The summed E-state index contributed by atoms with van der Waals surface area (Å²) in [6.07, 6.45) is 6.66. The predicted molar refractivity (Wildman–Crippen MR) is 96.1 cm³/mol. The zero-order chi connectivity index (χ0) is 16.5. The van der Waals surface area contributed by atoms with Gasteiger partial charge in [-0.1, -0.05) is 48.1 Å². The van der Waals surface area contributed by atoms with E-state index in [0.29, 0.717) is 25.7 Å². The van der Waals surface area contributed by atoms with Crippen LogP contribution in [0.25, 0.3) is 0 Å². The molecule has 2 rings (SSSR count). The van der Waals surface area contributed by atoms with Crippen molar-refractivity contribution in [1.29, 1.82) is 0 Å². The van der Waals surface area contributed by atoms with Crippen molar-refractivity contribution in [2.45, 2.75) is 33.6 Å². The molecule has 0 radical (unpaired) electrons. The van der Waals surface area contributed by atoms with Gasteiger partial charge >= 0.3 is 8.80 Å². The van der Waals surface area contributed by atoms with Gasteiger partial charge < -0.3 is 13.3 Å². The lowest BCUT2D eigenvalue weighted by molar-refractivity contribution is 0.0841. The standard InChI is InChI=1S/C19H28O3Si/c1-4-20-23(21-5-2,22-6-3)15-14-18-12-13-19(18)16-17-10-8-7-9-11-17/h7-11,13-15,18H,4-6,12,16H2,1-3H3/b15-14+. The highest BCUT2D eigenvalue weighted by Crippen LogP contribution is 2.32. The van der Waals surface area contributed by atoms with Crippen LogP contribution in [0.1, 0.15) is 32.8 Å². The minimum atomic E-state index is -2.67. The highest BCUT2D eigenvalue weighted by Gasteiger charge is 2.38. The van der Waals surface area contributed by atoms with Crippen LogP contribution in [-0.2, 0) is 19.7 Å². The fourth-order valence-corrected chi connectivity index (χ4v) is 4.98. The molecule has 0 spiro atoms. The van der Waals surface area contributed by atoms with Crippen LogP contribution >= 0.6 is 0 Å². The molecule has 1 aliphatic carbocycles. The van der Waals surface area contributed by atoms with Crippen molar-refractivity contribution in [1.82, 2.24) is 0 Å². The molecule has 0 aromatic heterocycles. The summed E-state index contributed by atoms with van der Waals surface area (Å²) in [7, 11) is -2.67. The van der Waals surface area contributed by atoms with Gasteiger partial charge in [-0.3, -0.25) is 0 Å². The lowest BCUT2D eigenvalue weighted by Crippen LogP contribution is -2.44. The Labute approximate surface area is 141 Å². The summed E-state index contributed by atoms with van der Waals surface area (Å²) in [6, 6.07) is 10.6.